The van der Waals surface area contributed by atoms with E-state index in [9.17, 15) is 13.6 Å². The zero-order chi connectivity index (χ0) is 16.5. The fourth-order valence-corrected chi connectivity index (χ4v) is 2.23. The molecule has 0 aromatic carbocycles. The third-order valence-corrected chi connectivity index (χ3v) is 3.03. The Kier molecular flexibility index (Phi) is 4.46. The van der Waals surface area contributed by atoms with Gasteiger partial charge in [0, 0.05) is 19.1 Å². The topological polar surface area (TPSA) is 68.5 Å². The van der Waals surface area contributed by atoms with Gasteiger partial charge in [-0.2, -0.15) is 0 Å². The van der Waals surface area contributed by atoms with Crippen LogP contribution in [0.15, 0.2) is 18.5 Å². The van der Waals surface area contributed by atoms with Crippen molar-refractivity contribution < 1.29 is 18.3 Å². The van der Waals surface area contributed by atoms with E-state index in [0.717, 1.165) is 12.4 Å². The first-order valence-electron chi connectivity index (χ1n) is 6.91. The van der Waals surface area contributed by atoms with Crippen LogP contribution in [0.3, 0.4) is 0 Å². The summed E-state index contributed by atoms with van der Waals surface area (Å²) in [5, 5.41) is 0. The van der Waals surface area contributed by atoms with Gasteiger partial charge in [-0.05, 0) is 26.3 Å². The smallest absolute Gasteiger partial charge is 0.410 e. The fourth-order valence-electron chi connectivity index (χ4n) is 2.23. The number of amides is 1. The Labute approximate surface area is 127 Å². The molecule has 1 unspecified atom stereocenters. The molecule has 0 saturated carbocycles. The van der Waals surface area contributed by atoms with Crippen LogP contribution >= 0.6 is 0 Å². The van der Waals surface area contributed by atoms with Gasteiger partial charge in [0.1, 0.15) is 5.60 Å². The van der Waals surface area contributed by atoms with Crippen LogP contribution in [0.25, 0.3) is 5.57 Å². The van der Waals surface area contributed by atoms with Crippen molar-refractivity contribution in [2.24, 2.45) is 5.73 Å². The maximum atomic E-state index is 13.8. The van der Waals surface area contributed by atoms with Gasteiger partial charge in [-0.1, -0.05) is 6.08 Å². The van der Waals surface area contributed by atoms with Crippen molar-refractivity contribution >= 4 is 11.7 Å². The van der Waals surface area contributed by atoms with Gasteiger partial charge in [-0.25, -0.2) is 13.6 Å². The molecule has 2 heterocycles. The largest absolute Gasteiger partial charge is 0.444 e. The number of pyridine rings is 1. The van der Waals surface area contributed by atoms with E-state index in [2.05, 4.69) is 4.98 Å². The molecule has 1 aliphatic rings. The first kappa shape index (κ1) is 16.4. The maximum absolute atomic E-state index is 13.8. The Bertz CT molecular complexity index is 591. The van der Waals surface area contributed by atoms with Gasteiger partial charge in [0.2, 0.25) is 0 Å². The van der Waals surface area contributed by atoms with Crippen LogP contribution in [0.1, 0.15) is 26.3 Å². The van der Waals surface area contributed by atoms with Crippen LogP contribution in [0, 0.1) is 11.6 Å². The molecule has 0 saturated heterocycles. The summed E-state index contributed by atoms with van der Waals surface area (Å²) in [5.41, 5.74) is 5.31. The average Bonchev–Trinajstić information content (AvgIpc) is 2.35. The number of rotatable bonds is 1. The van der Waals surface area contributed by atoms with E-state index in [-0.39, 0.29) is 18.7 Å². The number of hydrogen-bond acceptors (Lipinski definition) is 4. The SMILES string of the molecule is CC(C)(C)OC(=O)N1CC(c2c(F)cncc2F)=CC(N)C1. The Morgan fingerprint density at radius 3 is 2.50 bits per heavy atom. The van der Waals surface area contributed by atoms with Crippen molar-refractivity contribution in [3.05, 3.63) is 35.7 Å². The van der Waals surface area contributed by atoms with Gasteiger partial charge in [0.05, 0.1) is 18.0 Å². The summed E-state index contributed by atoms with van der Waals surface area (Å²) in [5.74, 6) is -1.58. The lowest BCUT2D eigenvalue weighted by Gasteiger charge is -2.32. The summed E-state index contributed by atoms with van der Waals surface area (Å²) < 4.78 is 33.0. The Balaban J connectivity index is 2.26. The molecule has 22 heavy (non-hydrogen) atoms. The molecule has 1 atom stereocenters. The second-order valence-electron chi connectivity index (χ2n) is 6.19. The molecule has 1 aromatic heterocycles. The molecule has 2 N–H and O–H groups in total. The van der Waals surface area contributed by atoms with E-state index in [0.29, 0.717) is 5.57 Å². The van der Waals surface area contributed by atoms with Gasteiger partial charge in [-0.15, -0.1) is 0 Å². The number of hydrogen-bond donors (Lipinski definition) is 1. The molecule has 1 aromatic rings. The highest BCUT2D eigenvalue weighted by molar-refractivity contribution is 5.76. The minimum absolute atomic E-state index is 0.0282. The Morgan fingerprint density at radius 1 is 1.36 bits per heavy atom. The third-order valence-electron chi connectivity index (χ3n) is 3.03. The van der Waals surface area contributed by atoms with Gasteiger partial charge in [0.15, 0.2) is 11.6 Å². The number of ether oxygens (including phenoxy) is 1. The zero-order valence-electron chi connectivity index (χ0n) is 12.8. The highest BCUT2D eigenvalue weighted by Crippen LogP contribution is 2.26. The van der Waals surface area contributed by atoms with E-state index < -0.39 is 29.4 Å². The number of nitrogens with two attached hydrogens (primary N) is 1. The molecule has 0 aliphatic carbocycles. The molecule has 0 bridgehead atoms. The monoisotopic (exact) mass is 311 g/mol. The van der Waals surface area contributed by atoms with E-state index in [1.54, 1.807) is 26.8 Å². The first-order valence-corrected chi connectivity index (χ1v) is 6.91. The van der Waals surface area contributed by atoms with Crippen molar-refractivity contribution in [2.75, 3.05) is 13.1 Å². The van der Waals surface area contributed by atoms with Crippen LogP contribution in [0.4, 0.5) is 13.6 Å². The molecule has 5 nitrogen and oxygen atoms in total. The summed E-state index contributed by atoms with van der Waals surface area (Å²) in [6, 6.07) is -0.525. The number of nitrogens with zero attached hydrogens (tertiary/aromatic N) is 2. The van der Waals surface area contributed by atoms with E-state index in [4.69, 9.17) is 10.5 Å². The summed E-state index contributed by atoms with van der Waals surface area (Å²) in [6.07, 6.45) is 2.85. The predicted octanol–water partition coefficient (Wildman–Crippen LogP) is 2.32. The highest BCUT2D eigenvalue weighted by Gasteiger charge is 2.29. The first-order chi connectivity index (χ1) is 10.2. The van der Waals surface area contributed by atoms with Crippen LogP contribution in [0.5, 0.6) is 0 Å². The number of halogens is 2. The maximum Gasteiger partial charge on any atom is 0.410 e. The molecule has 120 valence electrons. The van der Waals surface area contributed by atoms with Crippen molar-refractivity contribution in [2.45, 2.75) is 32.4 Å². The minimum atomic E-state index is -0.788. The summed E-state index contributed by atoms with van der Waals surface area (Å²) in [6.45, 7) is 5.49. The lowest BCUT2D eigenvalue weighted by Crippen LogP contribution is -2.46. The van der Waals surface area contributed by atoms with Gasteiger partial charge >= 0.3 is 6.09 Å². The van der Waals surface area contributed by atoms with Gasteiger partial charge < -0.3 is 15.4 Å². The summed E-state index contributed by atoms with van der Waals surface area (Å²) >= 11 is 0. The molecule has 0 radical (unpaired) electrons. The van der Waals surface area contributed by atoms with E-state index in [1.807, 2.05) is 0 Å². The second-order valence-corrected chi connectivity index (χ2v) is 6.19. The summed E-state index contributed by atoms with van der Waals surface area (Å²) in [7, 11) is 0. The molecule has 0 spiro atoms. The standard InChI is InChI=1S/C15H19F2N3O2/c1-15(2,3)22-14(21)20-7-9(4-10(18)8-20)13-11(16)5-19-6-12(13)17/h4-6,10H,7-8,18H2,1-3H3. The molecular formula is C15H19F2N3O2. The number of carbonyl (C=O) groups excluding carboxylic acids is 1. The second kappa shape index (κ2) is 6.00. The van der Waals surface area contributed by atoms with E-state index >= 15 is 0 Å². The fraction of sp³-hybridized carbons (Fsp3) is 0.467. The van der Waals surface area contributed by atoms with Crippen LogP contribution in [-0.4, -0.2) is 40.7 Å². The molecule has 0 fully saturated rings. The lowest BCUT2D eigenvalue weighted by atomic mass is 9.99. The van der Waals surface area contributed by atoms with Crippen molar-refractivity contribution in [3.8, 4) is 0 Å². The predicted molar refractivity (Wildman–Crippen MR) is 77.9 cm³/mol. The molecule has 1 amide bonds. The Hall–Kier alpha value is -2.02. The lowest BCUT2D eigenvalue weighted by molar-refractivity contribution is 0.0265. The minimum Gasteiger partial charge on any atom is -0.444 e. The van der Waals surface area contributed by atoms with Crippen LogP contribution < -0.4 is 5.73 Å². The molecule has 1 aliphatic heterocycles. The molecule has 7 heteroatoms. The Morgan fingerprint density at radius 2 is 1.95 bits per heavy atom. The quantitative estimate of drug-likeness (QED) is 0.864. The van der Waals surface area contributed by atoms with Gasteiger partial charge in [-0.3, -0.25) is 4.98 Å². The molecule has 2 rings (SSSR count). The third kappa shape index (κ3) is 3.79. The normalized spacial score (nSPS) is 18.9. The van der Waals surface area contributed by atoms with Crippen LogP contribution in [-0.2, 0) is 4.74 Å². The van der Waals surface area contributed by atoms with Crippen molar-refractivity contribution in [3.63, 3.8) is 0 Å². The van der Waals surface area contributed by atoms with Crippen molar-refractivity contribution in [1.29, 1.82) is 0 Å². The number of carbonyl (C=O) groups is 1. The highest BCUT2D eigenvalue weighted by atomic mass is 19.1. The van der Waals surface area contributed by atoms with Crippen molar-refractivity contribution in [1.82, 2.24) is 9.88 Å². The van der Waals surface area contributed by atoms with Gasteiger partial charge in [0.25, 0.3) is 0 Å². The van der Waals surface area contributed by atoms with E-state index in [1.165, 1.54) is 4.90 Å². The summed E-state index contributed by atoms with van der Waals surface area (Å²) in [4.78, 5) is 16.9. The molecular weight excluding hydrogens is 292 g/mol. The van der Waals surface area contributed by atoms with Crippen LogP contribution in [0.2, 0.25) is 0 Å². The average molecular weight is 311 g/mol. The number of aromatic nitrogens is 1. The zero-order valence-corrected chi connectivity index (χ0v) is 12.8.